The Labute approximate surface area is 112 Å². The molecule has 2 rings (SSSR count). The van der Waals surface area contributed by atoms with Crippen LogP contribution in [0.3, 0.4) is 0 Å². The van der Waals surface area contributed by atoms with E-state index in [-0.39, 0.29) is 17.6 Å². The normalized spacial score (nSPS) is 10.6. The number of aromatic amines is 1. The molecule has 4 nitrogen and oxygen atoms in total. The number of hydrogen-bond acceptors (Lipinski definition) is 3. The van der Waals surface area contributed by atoms with Crippen LogP contribution in [0.5, 0.6) is 0 Å². The molecule has 0 bridgehead atoms. The zero-order chi connectivity index (χ0) is 13.3. The van der Waals surface area contributed by atoms with E-state index in [0.29, 0.717) is 9.86 Å². The van der Waals surface area contributed by atoms with E-state index in [9.17, 15) is 9.59 Å². The van der Waals surface area contributed by atoms with Gasteiger partial charge in [-0.25, -0.2) is 4.79 Å². The molecule has 1 heterocycles. The van der Waals surface area contributed by atoms with E-state index in [1.54, 1.807) is 13.0 Å². The van der Waals surface area contributed by atoms with Gasteiger partial charge in [0.25, 0.3) is 0 Å². The van der Waals surface area contributed by atoms with Gasteiger partial charge in [-0.1, -0.05) is 6.07 Å². The van der Waals surface area contributed by atoms with Gasteiger partial charge in [0.15, 0.2) is 0 Å². The molecule has 0 unspecified atom stereocenters. The first-order valence-corrected chi connectivity index (χ1v) is 6.33. The lowest BCUT2D eigenvalue weighted by Crippen LogP contribution is -2.18. The fraction of sp³-hybridized carbons (Fsp3) is 0.231. The quantitative estimate of drug-likeness (QED) is 0.868. The van der Waals surface area contributed by atoms with E-state index in [2.05, 4.69) is 20.9 Å². The topological polar surface area (TPSA) is 59.2 Å². The Morgan fingerprint density at radius 2 is 2.17 bits per heavy atom. The van der Waals surface area contributed by atoms with Crippen LogP contribution < -0.4 is 5.43 Å². The number of H-pyrrole nitrogens is 1. The van der Waals surface area contributed by atoms with Crippen molar-refractivity contribution in [1.82, 2.24) is 4.98 Å². The molecule has 0 aliphatic carbocycles. The number of benzene rings is 1. The Bertz CT molecular complexity index is 676. The maximum atomic E-state index is 12.3. The summed E-state index contributed by atoms with van der Waals surface area (Å²) in [5.74, 6) is -0.603. The maximum absolute atomic E-state index is 12.3. The van der Waals surface area contributed by atoms with E-state index in [1.807, 2.05) is 13.0 Å². The number of ether oxygens (including phenoxy) is 1. The number of halogens is 1. The molecule has 18 heavy (non-hydrogen) atoms. The molecule has 5 heteroatoms. The number of nitrogens with one attached hydrogen (secondary N) is 1. The Hall–Kier alpha value is -1.62. The number of esters is 1. The summed E-state index contributed by atoms with van der Waals surface area (Å²) in [6.07, 6.45) is 1.40. The van der Waals surface area contributed by atoms with E-state index < -0.39 is 5.97 Å². The lowest BCUT2D eigenvalue weighted by molar-refractivity contribution is 0.0524. The van der Waals surface area contributed by atoms with Gasteiger partial charge in [0.1, 0.15) is 5.56 Å². The van der Waals surface area contributed by atoms with Crippen molar-refractivity contribution in [2.75, 3.05) is 6.61 Å². The number of fused-ring (bicyclic) bond motifs is 1. The van der Waals surface area contributed by atoms with E-state index >= 15 is 0 Å². The predicted octanol–water partition coefficient (Wildman–Crippen LogP) is 2.78. The zero-order valence-electron chi connectivity index (χ0n) is 10.0. The molecule has 94 valence electrons. The minimum Gasteiger partial charge on any atom is -0.462 e. The van der Waals surface area contributed by atoms with Crippen LogP contribution in [0.4, 0.5) is 0 Å². The standard InChI is InChI=1S/C13H12BrNO3/c1-3-18-13(17)8-6-15-11-7(2)4-5-9(14)10(11)12(8)16/h4-6H,3H2,1-2H3,(H,15,16). The predicted molar refractivity (Wildman–Crippen MR) is 73.0 cm³/mol. The highest BCUT2D eigenvalue weighted by atomic mass is 79.9. The molecule has 0 amide bonds. The molecule has 2 aromatic rings. The van der Waals surface area contributed by atoms with Gasteiger partial charge in [0, 0.05) is 10.7 Å². The highest BCUT2D eigenvalue weighted by Crippen LogP contribution is 2.22. The van der Waals surface area contributed by atoms with Crippen LogP contribution in [0.25, 0.3) is 10.9 Å². The second kappa shape index (κ2) is 4.94. The highest BCUT2D eigenvalue weighted by Gasteiger charge is 2.16. The van der Waals surface area contributed by atoms with Crippen molar-refractivity contribution in [3.05, 3.63) is 44.2 Å². The lowest BCUT2D eigenvalue weighted by atomic mass is 10.1. The van der Waals surface area contributed by atoms with Gasteiger partial charge in [-0.2, -0.15) is 0 Å². The third kappa shape index (κ3) is 2.06. The average molecular weight is 310 g/mol. The largest absolute Gasteiger partial charge is 0.462 e. The summed E-state index contributed by atoms with van der Waals surface area (Å²) in [7, 11) is 0. The molecule has 0 aliphatic rings. The Balaban J connectivity index is 2.76. The SMILES string of the molecule is CCOC(=O)c1c[nH]c2c(C)ccc(Br)c2c1=O. The number of pyridine rings is 1. The van der Waals surface area contributed by atoms with Crippen molar-refractivity contribution in [2.24, 2.45) is 0 Å². The molecule has 0 aliphatic heterocycles. The van der Waals surface area contributed by atoms with Crippen LogP contribution >= 0.6 is 15.9 Å². The summed E-state index contributed by atoms with van der Waals surface area (Å²) in [6.45, 7) is 3.84. The number of rotatable bonds is 2. The van der Waals surface area contributed by atoms with Gasteiger partial charge in [-0.05, 0) is 41.4 Å². The van der Waals surface area contributed by atoms with Crippen molar-refractivity contribution in [1.29, 1.82) is 0 Å². The monoisotopic (exact) mass is 309 g/mol. The minimum atomic E-state index is -0.603. The van der Waals surface area contributed by atoms with Crippen molar-refractivity contribution in [2.45, 2.75) is 13.8 Å². The molecule has 0 radical (unpaired) electrons. The smallest absolute Gasteiger partial charge is 0.343 e. The molecular weight excluding hydrogens is 298 g/mol. The van der Waals surface area contributed by atoms with Gasteiger partial charge < -0.3 is 9.72 Å². The van der Waals surface area contributed by atoms with Crippen molar-refractivity contribution < 1.29 is 9.53 Å². The zero-order valence-corrected chi connectivity index (χ0v) is 11.6. The third-order valence-electron chi connectivity index (χ3n) is 2.69. The summed E-state index contributed by atoms with van der Waals surface area (Å²) in [4.78, 5) is 26.9. The fourth-order valence-electron chi connectivity index (χ4n) is 1.79. The molecule has 1 aromatic carbocycles. The molecule has 0 spiro atoms. The minimum absolute atomic E-state index is 0.0238. The van der Waals surface area contributed by atoms with Crippen LogP contribution in [-0.2, 0) is 4.74 Å². The Morgan fingerprint density at radius 1 is 1.44 bits per heavy atom. The van der Waals surface area contributed by atoms with Crippen molar-refractivity contribution >= 4 is 32.8 Å². The number of carbonyl (C=O) groups excluding carboxylic acids is 1. The summed E-state index contributed by atoms with van der Waals surface area (Å²) in [6, 6.07) is 3.69. The highest BCUT2D eigenvalue weighted by molar-refractivity contribution is 9.10. The molecule has 1 aromatic heterocycles. The van der Waals surface area contributed by atoms with Crippen LogP contribution in [0.15, 0.2) is 27.6 Å². The van der Waals surface area contributed by atoms with E-state index in [1.165, 1.54) is 6.20 Å². The first-order valence-electron chi connectivity index (χ1n) is 5.54. The van der Waals surface area contributed by atoms with Crippen molar-refractivity contribution in [3.63, 3.8) is 0 Å². The van der Waals surface area contributed by atoms with Gasteiger partial charge in [-0.3, -0.25) is 4.79 Å². The molecule has 1 N–H and O–H groups in total. The van der Waals surface area contributed by atoms with Crippen LogP contribution in [0.1, 0.15) is 22.8 Å². The second-order valence-corrected chi connectivity index (χ2v) is 4.72. The van der Waals surface area contributed by atoms with Gasteiger partial charge in [0.2, 0.25) is 5.43 Å². The van der Waals surface area contributed by atoms with Crippen LogP contribution in [0, 0.1) is 6.92 Å². The number of aromatic nitrogens is 1. The van der Waals surface area contributed by atoms with Crippen LogP contribution in [0.2, 0.25) is 0 Å². The summed E-state index contributed by atoms with van der Waals surface area (Å²) >= 11 is 3.33. The first-order chi connectivity index (χ1) is 8.56. The number of hydrogen-bond donors (Lipinski definition) is 1. The van der Waals surface area contributed by atoms with Crippen molar-refractivity contribution in [3.8, 4) is 0 Å². The maximum Gasteiger partial charge on any atom is 0.343 e. The van der Waals surface area contributed by atoms with Crippen LogP contribution in [-0.4, -0.2) is 17.6 Å². The molecule has 0 saturated heterocycles. The lowest BCUT2D eigenvalue weighted by Gasteiger charge is -2.06. The Kier molecular flexibility index (Phi) is 3.52. The number of carbonyl (C=O) groups is 1. The average Bonchev–Trinajstić information content (AvgIpc) is 2.34. The fourth-order valence-corrected chi connectivity index (χ4v) is 2.30. The number of aryl methyl sites for hydroxylation is 1. The first kappa shape index (κ1) is 12.8. The molecule has 0 saturated carbocycles. The summed E-state index contributed by atoms with van der Waals surface area (Å²) < 4.78 is 5.52. The summed E-state index contributed by atoms with van der Waals surface area (Å²) in [5.41, 5.74) is 1.37. The van der Waals surface area contributed by atoms with E-state index in [0.717, 1.165) is 11.1 Å². The van der Waals surface area contributed by atoms with Gasteiger partial charge in [-0.15, -0.1) is 0 Å². The van der Waals surface area contributed by atoms with Gasteiger partial charge >= 0.3 is 5.97 Å². The second-order valence-electron chi connectivity index (χ2n) is 3.87. The molecular formula is C13H12BrNO3. The molecule has 0 atom stereocenters. The Morgan fingerprint density at radius 3 is 2.83 bits per heavy atom. The molecule has 0 fully saturated rings. The van der Waals surface area contributed by atoms with Gasteiger partial charge in [0.05, 0.1) is 17.5 Å². The van der Waals surface area contributed by atoms with E-state index in [4.69, 9.17) is 4.74 Å². The summed E-state index contributed by atoms with van der Waals surface area (Å²) in [5, 5.41) is 0.473. The third-order valence-corrected chi connectivity index (χ3v) is 3.35.